The number of carbonyl (C=O) groups excluding carboxylic acids is 1. The van der Waals surface area contributed by atoms with Crippen molar-refractivity contribution >= 4 is 17.5 Å². The van der Waals surface area contributed by atoms with Crippen molar-refractivity contribution in [3.63, 3.8) is 0 Å². The van der Waals surface area contributed by atoms with Crippen LogP contribution >= 0.6 is 11.6 Å². The number of ether oxygens (including phenoxy) is 1. The standard InChI is InChI=1S/C27H24ClN3O3/c28-23-12-6-5-11-22(23)27-30-29-25(34-27)17-31(21-14-15-21)26(32)18-33-24-13-7-4-10-20(24)16-19-8-2-1-3-9-19/h1-13,21H,14-18H2. The Morgan fingerprint density at radius 3 is 2.50 bits per heavy atom. The third-order valence-electron chi connectivity index (χ3n) is 5.75. The Morgan fingerprint density at radius 1 is 0.971 bits per heavy atom. The molecule has 7 heteroatoms. The Balaban J connectivity index is 1.25. The van der Waals surface area contributed by atoms with Gasteiger partial charge in [-0.1, -0.05) is 72.3 Å². The fraction of sp³-hybridized carbons (Fsp3) is 0.222. The zero-order chi connectivity index (χ0) is 23.3. The average Bonchev–Trinajstić information content (AvgIpc) is 3.60. The lowest BCUT2D eigenvalue weighted by Gasteiger charge is -2.21. The molecule has 3 aromatic carbocycles. The first-order chi connectivity index (χ1) is 16.7. The summed E-state index contributed by atoms with van der Waals surface area (Å²) < 4.78 is 11.8. The van der Waals surface area contributed by atoms with Gasteiger partial charge in [-0.05, 0) is 42.2 Å². The molecule has 0 N–H and O–H groups in total. The van der Waals surface area contributed by atoms with Crippen molar-refractivity contribution in [2.45, 2.75) is 31.8 Å². The molecule has 5 rings (SSSR count). The number of halogens is 1. The average molecular weight is 474 g/mol. The molecule has 0 saturated heterocycles. The molecule has 1 aliphatic carbocycles. The zero-order valence-electron chi connectivity index (χ0n) is 18.6. The van der Waals surface area contributed by atoms with Crippen LogP contribution in [0.3, 0.4) is 0 Å². The van der Waals surface area contributed by atoms with E-state index in [0.717, 1.165) is 24.8 Å². The third kappa shape index (κ3) is 5.29. The minimum absolute atomic E-state index is 0.0478. The summed E-state index contributed by atoms with van der Waals surface area (Å²) in [7, 11) is 0. The van der Waals surface area contributed by atoms with Crippen molar-refractivity contribution in [1.29, 1.82) is 0 Å². The number of amides is 1. The van der Waals surface area contributed by atoms with Crippen LogP contribution in [0.25, 0.3) is 11.5 Å². The molecule has 1 aromatic heterocycles. The Labute approximate surface area is 203 Å². The molecule has 0 atom stereocenters. The molecule has 1 heterocycles. The lowest BCUT2D eigenvalue weighted by atomic mass is 10.0. The maximum Gasteiger partial charge on any atom is 0.261 e. The van der Waals surface area contributed by atoms with Crippen LogP contribution in [0.5, 0.6) is 5.75 Å². The van der Waals surface area contributed by atoms with Gasteiger partial charge in [-0.15, -0.1) is 10.2 Å². The lowest BCUT2D eigenvalue weighted by molar-refractivity contribution is -0.134. The highest BCUT2D eigenvalue weighted by Crippen LogP contribution is 2.30. The van der Waals surface area contributed by atoms with Gasteiger partial charge in [0, 0.05) is 12.5 Å². The molecule has 0 bridgehead atoms. The van der Waals surface area contributed by atoms with E-state index in [1.165, 1.54) is 5.56 Å². The first-order valence-corrected chi connectivity index (χ1v) is 11.7. The van der Waals surface area contributed by atoms with Crippen molar-refractivity contribution in [2.75, 3.05) is 6.61 Å². The largest absolute Gasteiger partial charge is 0.483 e. The number of para-hydroxylation sites is 1. The van der Waals surface area contributed by atoms with Crippen LogP contribution < -0.4 is 4.74 Å². The minimum atomic E-state index is -0.102. The summed E-state index contributed by atoms with van der Waals surface area (Å²) in [6.07, 6.45) is 2.66. The number of nitrogens with zero attached hydrogens (tertiary/aromatic N) is 3. The van der Waals surface area contributed by atoms with E-state index >= 15 is 0 Å². The summed E-state index contributed by atoms with van der Waals surface area (Å²) in [6.45, 7) is 0.198. The molecular formula is C27H24ClN3O3. The predicted molar refractivity (Wildman–Crippen MR) is 130 cm³/mol. The molecule has 1 amide bonds. The van der Waals surface area contributed by atoms with E-state index in [2.05, 4.69) is 22.3 Å². The number of carbonyl (C=O) groups is 1. The highest BCUT2D eigenvalue weighted by Gasteiger charge is 2.34. The monoisotopic (exact) mass is 473 g/mol. The van der Waals surface area contributed by atoms with Crippen LogP contribution in [0.2, 0.25) is 5.02 Å². The molecule has 34 heavy (non-hydrogen) atoms. The Hall–Kier alpha value is -3.64. The first kappa shape index (κ1) is 22.2. The van der Waals surface area contributed by atoms with Gasteiger partial charge in [-0.2, -0.15) is 0 Å². The smallest absolute Gasteiger partial charge is 0.261 e. The number of benzene rings is 3. The van der Waals surface area contributed by atoms with Crippen molar-refractivity contribution < 1.29 is 13.9 Å². The van der Waals surface area contributed by atoms with Gasteiger partial charge in [0.25, 0.3) is 5.91 Å². The van der Waals surface area contributed by atoms with E-state index in [1.807, 2.05) is 60.7 Å². The summed E-state index contributed by atoms with van der Waals surface area (Å²) in [5.74, 6) is 1.33. The summed E-state index contributed by atoms with van der Waals surface area (Å²) >= 11 is 6.24. The molecule has 0 aliphatic heterocycles. The highest BCUT2D eigenvalue weighted by atomic mass is 35.5. The molecule has 0 radical (unpaired) electrons. The molecule has 1 fully saturated rings. The molecule has 0 spiro atoms. The molecule has 1 aliphatic rings. The van der Waals surface area contributed by atoms with Crippen molar-refractivity contribution in [3.8, 4) is 17.2 Å². The van der Waals surface area contributed by atoms with E-state index in [0.29, 0.717) is 28.1 Å². The van der Waals surface area contributed by atoms with Crippen molar-refractivity contribution in [1.82, 2.24) is 15.1 Å². The SMILES string of the molecule is O=C(COc1ccccc1Cc1ccccc1)N(Cc1nnc(-c2ccccc2Cl)o1)C1CC1. The number of hydrogen-bond donors (Lipinski definition) is 0. The Bertz CT molecular complexity index is 1270. The van der Waals surface area contributed by atoms with Crippen LogP contribution in [-0.2, 0) is 17.8 Å². The van der Waals surface area contributed by atoms with Crippen LogP contribution in [0.1, 0.15) is 29.9 Å². The van der Waals surface area contributed by atoms with E-state index in [4.69, 9.17) is 20.8 Å². The zero-order valence-corrected chi connectivity index (χ0v) is 19.3. The first-order valence-electron chi connectivity index (χ1n) is 11.3. The summed E-state index contributed by atoms with van der Waals surface area (Å²) in [5, 5.41) is 8.79. The van der Waals surface area contributed by atoms with E-state index in [-0.39, 0.29) is 25.1 Å². The molecule has 6 nitrogen and oxygen atoms in total. The highest BCUT2D eigenvalue weighted by molar-refractivity contribution is 6.33. The lowest BCUT2D eigenvalue weighted by Crippen LogP contribution is -2.36. The van der Waals surface area contributed by atoms with E-state index in [1.54, 1.807) is 11.0 Å². The summed E-state index contributed by atoms with van der Waals surface area (Å²) in [4.78, 5) is 14.9. The van der Waals surface area contributed by atoms with Crippen LogP contribution in [0, 0.1) is 0 Å². The molecule has 1 saturated carbocycles. The fourth-order valence-electron chi connectivity index (χ4n) is 3.84. The molecule has 172 valence electrons. The van der Waals surface area contributed by atoms with Gasteiger partial charge in [0.15, 0.2) is 6.61 Å². The Morgan fingerprint density at radius 2 is 1.71 bits per heavy atom. The molecule has 0 unspecified atom stereocenters. The second-order valence-electron chi connectivity index (χ2n) is 8.29. The number of aromatic nitrogens is 2. The Kier molecular flexibility index (Phi) is 6.58. The quantitative estimate of drug-likeness (QED) is 0.319. The normalized spacial score (nSPS) is 13.0. The topological polar surface area (TPSA) is 68.5 Å². The van der Waals surface area contributed by atoms with Crippen LogP contribution in [-0.4, -0.2) is 33.7 Å². The molecular weight excluding hydrogens is 450 g/mol. The van der Waals surface area contributed by atoms with Crippen LogP contribution in [0.15, 0.2) is 83.3 Å². The fourth-order valence-corrected chi connectivity index (χ4v) is 4.06. The van der Waals surface area contributed by atoms with Gasteiger partial charge in [0.1, 0.15) is 5.75 Å². The van der Waals surface area contributed by atoms with Gasteiger partial charge in [0.05, 0.1) is 17.1 Å². The van der Waals surface area contributed by atoms with Gasteiger partial charge >= 0.3 is 0 Å². The van der Waals surface area contributed by atoms with Crippen molar-refractivity contribution in [2.24, 2.45) is 0 Å². The van der Waals surface area contributed by atoms with Crippen LogP contribution in [0.4, 0.5) is 0 Å². The predicted octanol–water partition coefficient (Wildman–Crippen LogP) is 5.55. The van der Waals surface area contributed by atoms with Gasteiger partial charge < -0.3 is 14.1 Å². The number of rotatable bonds is 9. The number of hydrogen-bond acceptors (Lipinski definition) is 5. The maximum atomic E-state index is 13.1. The summed E-state index contributed by atoms with van der Waals surface area (Å²) in [5.41, 5.74) is 2.90. The summed E-state index contributed by atoms with van der Waals surface area (Å²) in [6, 6.07) is 25.5. The second-order valence-corrected chi connectivity index (χ2v) is 8.70. The van der Waals surface area contributed by atoms with Gasteiger partial charge in [0.2, 0.25) is 11.8 Å². The second kappa shape index (κ2) is 10.1. The molecule has 4 aromatic rings. The maximum absolute atomic E-state index is 13.1. The minimum Gasteiger partial charge on any atom is -0.483 e. The van der Waals surface area contributed by atoms with Gasteiger partial charge in [-0.25, -0.2) is 0 Å². The van der Waals surface area contributed by atoms with E-state index in [9.17, 15) is 4.79 Å². The third-order valence-corrected chi connectivity index (χ3v) is 6.08. The van der Waals surface area contributed by atoms with E-state index < -0.39 is 0 Å². The van der Waals surface area contributed by atoms with Crippen molar-refractivity contribution in [3.05, 3.63) is 101 Å². The van der Waals surface area contributed by atoms with Gasteiger partial charge in [-0.3, -0.25) is 4.79 Å².